The Kier molecular flexibility index (Phi) is 5.15. The first-order valence-corrected chi connectivity index (χ1v) is 11.7. The van der Waals surface area contributed by atoms with Gasteiger partial charge in [-0.25, -0.2) is 0 Å². The summed E-state index contributed by atoms with van der Waals surface area (Å²) >= 11 is 1.57. The minimum atomic E-state index is -0.303. The lowest BCUT2D eigenvalue weighted by Crippen LogP contribution is -2.40. The summed E-state index contributed by atoms with van der Waals surface area (Å²) in [5.41, 5.74) is 4.14. The molecule has 0 saturated carbocycles. The predicted molar refractivity (Wildman–Crippen MR) is 119 cm³/mol. The van der Waals surface area contributed by atoms with Gasteiger partial charge in [0, 0.05) is 40.5 Å². The molecule has 0 fully saturated rings. The van der Waals surface area contributed by atoms with Crippen molar-refractivity contribution in [3.63, 3.8) is 0 Å². The molecule has 0 saturated heterocycles. The highest BCUT2D eigenvalue weighted by molar-refractivity contribution is 7.16. The van der Waals surface area contributed by atoms with Crippen molar-refractivity contribution in [2.45, 2.75) is 57.3 Å². The molecule has 5 rings (SSSR count). The number of nitrogens with zero attached hydrogens (tertiary/aromatic N) is 2. The highest BCUT2D eigenvalue weighted by Gasteiger charge is 2.42. The number of nitriles is 1. The largest absolute Gasteiger partial charge is 0.496 e. The number of hydrogen-bond acceptors (Lipinski definition) is 5. The summed E-state index contributed by atoms with van der Waals surface area (Å²) in [6, 6.07) is 10.0. The lowest BCUT2D eigenvalue weighted by Gasteiger charge is -2.38. The molecule has 1 aliphatic heterocycles. The fourth-order valence-electron chi connectivity index (χ4n) is 5.27. The molecule has 1 amide bonds. The number of amides is 1. The molecule has 2 heterocycles. The number of fused-ring (bicyclic) bond motifs is 1. The number of rotatable bonds is 3. The first-order valence-electron chi connectivity index (χ1n) is 10.9. The third kappa shape index (κ3) is 3.19. The van der Waals surface area contributed by atoms with Crippen LogP contribution in [0.3, 0.4) is 0 Å². The van der Waals surface area contributed by atoms with E-state index in [-0.39, 0.29) is 24.0 Å². The van der Waals surface area contributed by atoms with Gasteiger partial charge in [-0.2, -0.15) is 5.26 Å². The van der Waals surface area contributed by atoms with Crippen molar-refractivity contribution in [3.05, 3.63) is 57.1 Å². The number of ether oxygens (including phenoxy) is 1. The molecule has 2 aliphatic carbocycles. The van der Waals surface area contributed by atoms with Gasteiger partial charge in [-0.05, 0) is 50.2 Å². The van der Waals surface area contributed by atoms with Gasteiger partial charge >= 0.3 is 0 Å². The van der Waals surface area contributed by atoms with Crippen LogP contribution in [0.5, 0.6) is 5.75 Å². The Hall–Kier alpha value is -2.91. The smallest absolute Gasteiger partial charge is 0.232 e. The molecule has 6 heteroatoms. The summed E-state index contributed by atoms with van der Waals surface area (Å²) in [4.78, 5) is 29.6. The van der Waals surface area contributed by atoms with Crippen molar-refractivity contribution < 1.29 is 14.3 Å². The van der Waals surface area contributed by atoms with Crippen molar-refractivity contribution in [2.24, 2.45) is 0 Å². The number of ketones is 1. The molecule has 0 radical (unpaired) electrons. The summed E-state index contributed by atoms with van der Waals surface area (Å²) in [6.45, 7) is 0. The highest BCUT2D eigenvalue weighted by Crippen LogP contribution is 2.49. The van der Waals surface area contributed by atoms with Crippen molar-refractivity contribution >= 4 is 28.0 Å². The third-order valence-electron chi connectivity index (χ3n) is 6.66. The molecule has 2 aromatic rings. The van der Waals surface area contributed by atoms with Crippen LogP contribution in [0.4, 0.5) is 5.00 Å². The van der Waals surface area contributed by atoms with Gasteiger partial charge in [-0.3, -0.25) is 14.5 Å². The summed E-state index contributed by atoms with van der Waals surface area (Å²) in [6.07, 6.45) is 6.16. The van der Waals surface area contributed by atoms with Gasteiger partial charge in [0.15, 0.2) is 5.78 Å². The molecule has 31 heavy (non-hydrogen) atoms. The fourth-order valence-corrected chi connectivity index (χ4v) is 6.65. The maximum Gasteiger partial charge on any atom is 0.232 e. The summed E-state index contributed by atoms with van der Waals surface area (Å²) in [5.74, 6) is 0.458. The lowest BCUT2D eigenvalue weighted by molar-refractivity contribution is -0.119. The van der Waals surface area contributed by atoms with Crippen LogP contribution < -0.4 is 9.64 Å². The Morgan fingerprint density at radius 1 is 1.10 bits per heavy atom. The minimum absolute atomic E-state index is 0.0422. The lowest BCUT2D eigenvalue weighted by atomic mass is 9.77. The van der Waals surface area contributed by atoms with E-state index in [1.54, 1.807) is 23.3 Å². The Balaban J connectivity index is 1.69. The highest BCUT2D eigenvalue weighted by atomic mass is 32.1. The van der Waals surface area contributed by atoms with E-state index in [0.717, 1.165) is 59.5 Å². The molecule has 0 N–H and O–H groups in total. The number of allylic oxidation sites excluding steroid dienone is 2. The van der Waals surface area contributed by atoms with Crippen molar-refractivity contribution in [2.75, 3.05) is 12.0 Å². The van der Waals surface area contributed by atoms with Crippen LogP contribution in [-0.2, 0) is 22.4 Å². The van der Waals surface area contributed by atoms with E-state index in [1.165, 1.54) is 4.88 Å². The molecule has 1 atom stereocenters. The quantitative estimate of drug-likeness (QED) is 0.682. The molecule has 0 bridgehead atoms. The number of para-hydroxylation sites is 1. The van der Waals surface area contributed by atoms with E-state index in [1.807, 2.05) is 24.3 Å². The van der Waals surface area contributed by atoms with E-state index in [4.69, 9.17) is 4.74 Å². The molecule has 0 unspecified atom stereocenters. The molecule has 3 aliphatic rings. The number of anilines is 1. The van der Waals surface area contributed by atoms with Crippen LogP contribution in [0.25, 0.3) is 0 Å². The number of Topliss-reactive ketones (excluding diaryl/α,β-unsaturated/α-hetero) is 1. The minimum Gasteiger partial charge on any atom is -0.496 e. The van der Waals surface area contributed by atoms with E-state index in [2.05, 4.69) is 6.07 Å². The van der Waals surface area contributed by atoms with Gasteiger partial charge in [-0.15, -0.1) is 11.3 Å². The second kappa shape index (κ2) is 7.97. The van der Waals surface area contributed by atoms with Crippen LogP contribution in [0.1, 0.15) is 66.0 Å². The Morgan fingerprint density at radius 3 is 2.71 bits per heavy atom. The van der Waals surface area contributed by atoms with Crippen LogP contribution in [-0.4, -0.2) is 18.8 Å². The van der Waals surface area contributed by atoms with E-state index in [9.17, 15) is 14.9 Å². The van der Waals surface area contributed by atoms with E-state index >= 15 is 0 Å². The summed E-state index contributed by atoms with van der Waals surface area (Å²) < 4.78 is 5.55. The molecule has 5 nitrogen and oxygen atoms in total. The predicted octanol–water partition coefficient (Wildman–Crippen LogP) is 5.03. The number of carbonyl (C=O) groups is 2. The number of thiophene rings is 1. The van der Waals surface area contributed by atoms with Gasteiger partial charge in [0.1, 0.15) is 16.8 Å². The van der Waals surface area contributed by atoms with Crippen molar-refractivity contribution in [3.8, 4) is 11.8 Å². The number of aryl methyl sites for hydroxylation is 1. The van der Waals surface area contributed by atoms with Gasteiger partial charge in [0.05, 0.1) is 12.7 Å². The topological polar surface area (TPSA) is 70.4 Å². The molecule has 0 spiro atoms. The van der Waals surface area contributed by atoms with Gasteiger partial charge in [0.2, 0.25) is 5.91 Å². The number of hydrogen-bond donors (Lipinski definition) is 0. The average Bonchev–Trinajstić information content (AvgIpc) is 3.16. The second-order valence-electron chi connectivity index (χ2n) is 8.37. The Bertz CT molecular complexity index is 1150. The van der Waals surface area contributed by atoms with E-state index in [0.29, 0.717) is 24.2 Å². The number of carbonyl (C=O) groups excluding carboxylic acids is 2. The Labute approximate surface area is 185 Å². The summed E-state index contributed by atoms with van der Waals surface area (Å²) in [5, 5.41) is 10.7. The van der Waals surface area contributed by atoms with Crippen molar-refractivity contribution in [1.82, 2.24) is 0 Å². The zero-order valence-corrected chi connectivity index (χ0v) is 18.4. The van der Waals surface area contributed by atoms with E-state index < -0.39 is 0 Å². The zero-order chi connectivity index (χ0) is 21.5. The first-order chi connectivity index (χ1) is 15.1. The second-order valence-corrected chi connectivity index (χ2v) is 9.45. The SMILES string of the molecule is COc1ccccc1[C@H]1CC(=O)N(c2sc3c(c2C#N)CCCC3)C2=C1C(=O)CCC2. The standard InChI is InChI=1S/C25H24N2O3S/c1-30-21-11-4-2-7-15(21)17-13-23(29)27(19-9-6-10-20(28)24(17)19)25-18(14-26)16-8-3-5-12-22(16)31-25/h2,4,7,11,17H,3,5-6,8-10,12-13H2,1H3/t17-/m1/s1. The average molecular weight is 433 g/mol. The summed E-state index contributed by atoms with van der Waals surface area (Å²) in [7, 11) is 1.61. The molecule has 158 valence electrons. The molecular formula is C25H24N2O3S. The monoisotopic (exact) mass is 432 g/mol. The van der Waals surface area contributed by atoms with Crippen LogP contribution >= 0.6 is 11.3 Å². The molecular weight excluding hydrogens is 408 g/mol. The normalized spacial score (nSPS) is 20.9. The zero-order valence-electron chi connectivity index (χ0n) is 17.6. The van der Waals surface area contributed by atoms with Gasteiger partial charge < -0.3 is 4.74 Å². The number of benzene rings is 1. The van der Waals surface area contributed by atoms with Crippen LogP contribution in [0.15, 0.2) is 35.5 Å². The maximum absolute atomic E-state index is 13.6. The van der Waals surface area contributed by atoms with Gasteiger partial charge in [0.25, 0.3) is 0 Å². The fraction of sp³-hybridized carbons (Fsp3) is 0.400. The first kappa shape index (κ1) is 20.0. The maximum atomic E-state index is 13.6. The van der Waals surface area contributed by atoms with Crippen LogP contribution in [0, 0.1) is 11.3 Å². The molecule has 1 aromatic heterocycles. The van der Waals surface area contributed by atoms with Crippen LogP contribution in [0.2, 0.25) is 0 Å². The molecule has 1 aromatic carbocycles. The third-order valence-corrected chi connectivity index (χ3v) is 7.93. The Morgan fingerprint density at radius 2 is 1.90 bits per heavy atom. The van der Waals surface area contributed by atoms with Gasteiger partial charge in [-0.1, -0.05) is 18.2 Å². The van der Waals surface area contributed by atoms with Crippen molar-refractivity contribution in [1.29, 1.82) is 5.26 Å². The number of methoxy groups -OCH3 is 1.